The van der Waals surface area contributed by atoms with Crippen molar-refractivity contribution in [2.24, 2.45) is 0 Å². The lowest BCUT2D eigenvalue weighted by molar-refractivity contribution is -0.132. The Kier molecular flexibility index (Phi) is 4.94. The van der Waals surface area contributed by atoms with Crippen LogP contribution in [0.1, 0.15) is 18.1 Å². The van der Waals surface area contributed by atoms with Gasteiger partial charge in [0.15, 0.2) is 0 Å². The summed E-state index contributed by atoms with van der Waals surface area (Å²) in [5.41, 5.74) is -0.362. The first-order chi connectivity index (χ1) is 12.6. The van der Waals surface area contributed by atoms with Crippen LogP contribution in [0.5, 0.6) is 0 Å². The van der Waals surface area contributed by atoms with E-state index in [0.29, 0.717) is 16.1 Å². The molecule has 0 bridgehead atoms. The molecule has 1 aliphatic heterocycles. The number of nitrogens with one attached hydrogen (secondary N) is 2. The molecule has 0 unspecified atom stereocenters. The van der Waals surface area contributed by atoms with Crippen molar-refractivity contribution in [1.82, 2.24) is 15.2 Å². The second-order valence-corrected chi connectivity index (χ2v) is 8.64. The van der Waals surface area contributed by atoms with E-state index in [2.05, 4.69) is 5.32 Å². The number of hydrazine groups is 1. The number of hydrogen-bond donors (Lipinski definition) is 2. The number of nitrogens with zero attached hydrogens (tertiary/aromatic N) is 1. The van der Waals surface area contributed by atoms with Gasteiger partial charge in [-0.2, -0.15) is 5.01 Å². The van der Waals surface area contributed by atoms with E-state index in [9.17, 15) is 18.0 Å². The molecule has 1 atom stereocenters. The van der Waals surface area contributed by atoms with E-state index >= 15 is 0 Å². The molecular formula is C17H15Cl2N3O4S. The van der Waals surface area contributed by atoms with Crippen molar-refractivity contribution in [2.75, 3.05) is 0 Å². The molecule has 1 fully saturated rings. The minimum absolute atomic E-state index is 0.147. The zero-order valence-electron chi connectivity index (χ0n) is 14.3. The van der Waals surface area contributed by atoms with Gasteiger partial charge >= 0.3 is 6.03 Å². The molecule has 1 heterocycles. The van der Waals surface area contributed by atoms with Gasteiger partial charge < -0.3 is 5.32 Å². The van der Waals surface area contributed by atoms with Gasteiger partial charge in [-0.1, -0.05) is 53.5 Å². The molecule has 10 heteroatoms. The number of imide groups is 1. The number of hydrogen-bond acceptors (Lipinski definition) is 4. The topological polar surface area (TPSA) is 95.6 Å². The lowest BCUT2D eigenvalue weighted by Gasteiger charge is -2.22. The van der Waals surface area contributed by atoms with Gasteiger partial charge in [0.05, 0.1) is 4.90 Å². The van der Waals surface area contributed by atoms with Crippen LogP contribution in [-0.2, 0) is 20.4 Å². The molecule has 0 aliphatic carbocycles. The van der Waals surface area contributed by atoms with E-state index in [4.69, 9.17) is 23.2 Å². The average molecular weight is 428 g/mol. The van der Waals surface area contributed by atoms with Crippen LogP contribution in [0.2, 0.25) is 10.0 Å². The highest BCUT2D eigenvalue weighted by molar-refractivity contribution is 7.89. The molecule has 0 saturated carbocycles. The minimum Gasteiger partial charge on any atom is -0.318 e. The van der Waals surface area contributed by atoms with Gasteiger partial charge in [0, 0.05) is 10.0 Å². The van der Waals surface area contributed by atoms with Gasteiger partial charge in [0.2, 0.25) is 0 Å². The summed E-state index contributed by atoms with van der Waals surface area (Å²) in [7, 11) is -4.28. The smallest absolute Gasteiger partial charge is 0.318 e. The number of carbonyl (C=O) groups excluding carboxylic acids is 2. The summed E-state index contributed by atoms with van der Waals surface area (Å²) < 4.78 is 25.3. The first-order valence-electron chi connectivity index (χ1n) is 7.76. The Bertz CT molecular complexity index is 1020. The second-order valence-electron chi connectivity index (χ2n) is 6.17. The zero-order valence-corrected chi connectivity index (χ0v) is 16.6. The van der Waals surface area contributed by atoms with Gasteiger partial charge in [0.25, 0.3) is 15.9 Å². The fraction of sp³-hybridized carbons (Fsp3) is 0.176. The number of halogens is 2. The van der Waals surface area contributed by atoms with Crippen molar-refractivity contribution in [3.63, 3.8) is 0 Å². The number of urea groups is 1. The van der Waals surface area contributed by atoms with Crippen molar-refractivity contribution >= 4 is 45.2 Å². The molecule has 7 nitrogen and oxygen atoms in total. The fourth-order valence-electron chi connectivity index (χ4n) is 2.64. The molecule has 142 valence electrons. The van der Waals surface area contributed by atoms with Gasteiger partial charge in [0.1, 0.15) is 5.54 Å². The third-order valence-electron chi connectivity index (χ3n) is 4.32. The van der Waals surface area contributed by atoms with Crippen LogP contribution in [0.4, 0.5) is 4.79 Å². The highest BCUT2D eigenvalue weighted by Gasteiger charge is 2.50. The number of rotatable bonds is 4. The normalized spacial score (nSPS) is 20.1. The Morgan fingerprint density at radius 2 is 1.63 bits per heavy atom. The quantitative estimate of drug-likeness (QED) is 0.732. The monoisotopic (exact) mass is 427 g/mol. The maximum atomic E-state index is 12.8. The molecule has 27 heavy (non-hydrogen) atoms. The first kappa shape index (κ1) is 19.6. The Labute approximate surface area is 166 Å². The average Bonchev–Trinajstić information content (AvgIpc) is 2.84. The van der Waals surface area contributed by atoms with Crippen LogP contribution in [0.3, 0.4) is 0 Å². The largest absolute Gasteiger partial charge is 0.341 e. The Balaban J connectivity index is 1.94. The van der Waals surface area contributed by atoms with E-state index in [1.54, 1.807) is 37.3 Å². The third kappa shape index (κ3) is 3.41. The summed E-state index contributed by atoms with van der Waals surface area (Å²) in [6, 6.07) is 10.0. The van der Waals surface area contributed by atoms with Crippen LogP contribution in [0.25, 0.3) is 0 Å². The minimum atomic E-state index is -4.28. The van der Waals surface area contributed by atoms with Gasteiger partial charge in [-0.15, -0.1) is 4.83 Å². The van der Waals surface area contributed by atoms with Gasteiger partial charge in [-0.25, -0.2) is 13.2 Å². The van der Waals surface area contributed by atoms with E-state index < -0.39 is 27.5 Å². The SMILES string of the molecule is Cc1c(Cl)cc(S(=O)(=O)NN2C(=O)N[C@@](C)(c3ccccc3)C2=O)cc1Cl. The lowest BCUT2D eigenvalue weighted by Crippen LogP contribution is -2.47. The molecule has 2 N–H and O–H groups in total. The van der Waals surface area contributed by atoms with E-state index in [0.717, 1.165) is 0 Å². The van der Waals surface area contributed by atoms with E-state index in [1.165, 1.54) is 19.1 Å². The van der Waals surface area contributed by atoms with Crippen LogP contribution in [0, 0.1) is 6.92 Å². The highest BCUT2D eigenvalue weighted by Crippen LogP contribution is 2.30. The summed E-state index contributed by atoms with van der Waals surface area (Å²) in [5, 5.41) is 3.24. The Hall–Kier alpha value is -2.13. The van der Waals surface area contributed by atoms with Crippen molar-refractivity contribution in [3.05, 3.63) is 63.6 Å². The Morgan fingerprint density at radius 1 is 1.07 bits per heavy atom. The van der Waals surface area contributed by atoms with E-state index in [1.807, 2.05) is 4.83 Å². The van der Waals surface area contributed by atoms with Crippen LogP contribution in [-0.4, -0.2) is 25.4 Å². The van der Waals surface area contributed by atoms with Gasteiger partial charge in [-0.3, -0.25) is 4.79 Å². The predicted octanol–water partition coefficient (Wildman–Crippen LogP) is 2.96. The zero-order chi connectivity index (χ0) is 20.0. The molecule has 3 amide bonds. The van der Waals surface area contributed by atoms with Crippen LogP contribution < -0.4 is 10.1 Å². The summed E-state index contributed by atoms with van der Waals surface area (Å²) in [6.07, 6.45) is 0. The third-order valence-corrected chi connectivity index (χ3v) is 6.38. The molecule has 1 aliphatic rings. The number of benzene rings is 2. The lowest BCUT2D eigenvalue weighted by atomic mass is 9.92. The number of sulfonamides is 1. The second kappa shape index (κ2) is 6.79. The number of amides is 3. The molecule has 0 spiro atoms. The van der Waals surface area contributed by atoms with Crippen molar-refractivity contribution in [3.8, 4) is 0 Å². The standard InChI is InChI=1S/C17H15Cl2N3O4S/c1-10-13(18)8-12(9-14(10)19)27(25,26)21-22-15(23)17(2,20-16(22)24)11-6-4-3-5-7-11/h3-9,21H,1-2H3,(H,20,24)/t17-/m0/s1. The molecule has 0 aromatic heterocycles. The maximum Gasteiger partial charge on any atom is 0.341 e. The molecule has 1 saturated heterocycles. The maximum absolute atomic E-state index is 12.8. The summed E-state index contributed by atoms with van der Waals surface area (Å²) in [5.74, 6) is -0.758. The van der Waals surface area contributed by atoms with Gasteiger partial charge in [-0.05, 0) is 37.1 Å². The fourth-order valence-corrected chi connectivity index (χ4v) is 4.31. The molecule has 0 radical (unpaired) electrons. The summed E-state index contributed by atoms with van der Waals surface area (Å²) >= 11 is 12.0. The molecule has 3 rings (SSSR count). The highest BCUT2D eigenvalue weighted by atomic mass is 35.5. The Morgan fingerprint density at radius 3 is 2.19 bits per heavy atom. The van der Waals surface area contributed by atoms with E-state index in [-0.39, 0.29) is 14.9 Å². The summed E-state index contributed by atoms with van der Waals surface area (Å²) in [6.45, 7) is 3.13. The molecule has 2 aromatic carbocycles. The van der Waals surface area contributed by atoms with Crippen LogP contribution >= 0.6 is 23.2 Å². The molecular weight excluding hydrogens is 413 g/mol. The number of carbonyl (C=O) groups is 2. The van der Waals surface area contributed by atoms with Crippen molar-refractivity contribution < 1.29 is 18.0 Å². The predicted molar refractivity (Wildman–Crippen MR) is 101 cm³/mol. The van der Waals surface area contributed by atoms with Crippen LogP contribution in [0.15, 0.2) is 47.4 Å². The van der Waals surface area contributed by atoms with Crippen molar-refractivity contribution in [1.29, 1.82) is 0 Å². The first-order valence-corrected chi connectivity index (χ1v) is 10.0. The molecule has 2 aromatic rings. The van der Waals surface area contributed by atoms with Crippen molar-refractivity contribution in [2.45, 2.75) is 24.3 Å². The summed E-state index contributed by atoms with van der Waals surface area (Å²) in [4.78, 5) is 26.8.